The third-order valence-electron chi connectivity index (χ3n) is 4.22. The van der Waals surface area contributed by atoms with Crippen molar-refractivity contribution >= 4 is 11.7 Å². The van der Waals surface area contributed by atoms with Crippen molar-refractivity contribution in [2.75, 3.05) is 11.4 Å². The highest BCUT2D eigenvalue weighted by Gasteiger charge is 2.27. The van der Waals surface area contributed by atoms with E-state index in [1.54, 1.807) is 4.90 Å². The molecular weight excluding hydrogens is 280 g/mol. The Morgan fingerprint density at radius 2 is 1.86 bits per heavy atom. The maximum absolute atomic E-state index is 12.3. The van der Waals surface area contributed by atoms with E-state index in [4.69, 9.17) is 4.52 Å². The molecule has 0 N–H and O–H groups in total. The molecule has 116 valence electrons. The number of carbonyl (C=O) groups excluding carboxylic acids is 1. The van der Waals surface area contributed by atoms with Crippen LogP contribution in [0.15, 0.2) is 4.52 Å². The zero-order valence-corrected chi connectivity index (χ0v) is 13.4. The van der Waals surface area contributed by atoms with E-state index >= 15 is 0 Å². The molecule has 0 fully saturated rings. The molecule has 1 amide bonds. The number of aryl methyl sites for hydroxylation is 4. The Balaban J connectivity index is 1.90. The number of carbonyl (C=O) groups is 1. The first-order chi connectivity index (χ1) is 10.5. The Morgan fingerprint density at radius 3 is 2.55 bits per heavy atom. The lowest BCUT2D eigenvalue weighted by Crippen LogP contribution is -2.38. The molecular formula is C16H20N4O2. The van der Waals surface area contributed by atoms with Crippen molar-refractivity contribution in [1.82, 2.24) is 15.1 Å². The number of rotatable bonds is 3. The summed E-state index contributed by atoms with van der Waals surface area (Å²) in [5.74, 6) is 2.41. The van der Waals surface area contributed by atoms with Gasteiger partial charge in [0.05, 0.1) is 5.69 Å². The molecule has 6 heteroatoms. The molecule has 22 heavy (non-hydrogen) atoms. The van der Waals surface area contributed by atoms with Crippen LogP contribution in [-0.2, 0) is 17.6 Å². The minimum Gasteiger partial charge on any atom is -0.361 e. The molecule has 3 rings (SSSR count). The first kappa shape index (κ1) is 14.7. The molecule has 0 spiro atoms. The van der Waals surface area contributed by atoms with Crippen molar-refractivity contribution in [1.29, 1.82) is 0 Å². The summed E-state index contributed by atoms with van der Waals surface area (Å²) in [7, 11) is 0. The highest BCUT2D eigenvalue weighted by atomic mass is 16.5. The third kappa shape index (κ3) is 2.49. The predicted molar refractivity (Wildman–Crippen MR) is 81.9 cm³/mol. The lowest BCUT2D eigenvalue weighted by molar-refractivity contribution is -0.118. The van der Waals surface area contributed by atoms with E-state index in [1.807, 2.05) is 27.7 Å². The quantitative estimate of drug-likeness (QED) is 0.869. The molecule has 0 atom stereocenters. The number of fused-ring (bicyclic) bond motifs is 1. The van der Waals surface area contributed by atoms with Gasteiger partial charge in [-0.2, -0.15) is 0 Å². The second-order valence-corrected chi connectivity index (χ2v) is 5.76. The van der Waals surface area contributed by atoms with E-state index in [0.717, 1.165) is 40.5 Å². The summed E-state index contributed by atoms with van der Waals surface area (Å²) in [6.07, 6.45) is 1.96. The van der Waals surface area contributed by atoms with Crippen LogP contribution in [0.1, 0.15) is 40.5 Å². The van der Waals surface area contributed by atoms with E-state index in [-0.39, 0.29) is 5.91 Å². The van der Waals surface area contributed by atoms with Gasteiger partial charge in [0.2, 0.25) is 5.91 Å². The van der Waals surface area contributed by atoms with Gasteiger partial charge in [0.25, 0.3) is 0 Å². The molecule has 1 aliphatic rings. The van der Waals surface area contributed by atoms with Crippen LogP contribution in [0, 0.1) is 27.7 Å². The molecule has 2 aromatic rings. The topological polar surface area (TPSA) is 72.1 Å². The van der Waals surface area contributed by atoms with E-state index in [9.17, 15) is 4.79 Å². The number of hydrogen-bond donors (Lipinski definition) is 0. The summed E-state index contributed by atoms with van der Waals surface area (Å²) in [6.45, 7) is 8.26. The number of nitrogens with zero attached hydrogens (tertiary/aromatic N) is 4. The lowest BCUT2D eigenvalue weighted by Gasteiger charge is -2.29. The average Bonchev–Trinajstić information content (AvgIpc) is 2.77. The fourth-order valence-corrected chi connectivity index (χ4v) is 3.03. The number of amides is 1. The number of anilines is 1. The molecule has 0 aromatic carbocycles. The van der Waals surface area contributed by atoms with Crippen molar-refractivity contribution in [3.8, 4) is 0 Å². The maximum atomic E-state index is 12.3. The van der Waals surface area contributed by atoms with Gasteiger partial charge in [-0.3, -0.25) is 9.69 Å². The summed E-state index contributed by atoms with van der Waals surface area (Å²) < 4.78 is 5.19. The summed E-state index contributed by atoms with van der Waals surface area (Å²) in [4.78, 5) is 23.0. The van der Waals surface area contributed by atoms with Crippen LogP contribution in [0.25, 0.3) is 0 Å². The van der Waals surface area contributed by atoms with E-state index in [0.29, 0.717) is 25.2 Å². The molecule has 0 saturated heterocycles. The molecule has 0 bridgehead atoms. The number of hydrogen-bond acceptors (Lipinski definition) is 5. The largest absolute Gasteiger partial charge is 0.361 e. The lowest BCUT2D eigenvalue weighted by atomic mass is 10.0. The maximum Gasteiger partial charge on any atom is 0.228 e. The van der Waals surface area contributed by atoms with Crippen LogP contribution in [0.2, 0.25) is 0 Å². The molecule has 3 heterocycles. The summed E-state index contributed by atoms with van der Waals surface area (Å²) in [6, 6.07) is 0. The molecule has 0 saturated carbocycles. The Kier molecular flexibility index (Phi) is 3.68. The number of aromatic nitrogens is 3. The van der Waals surface area contributed by atoms with Crippen LogP contribution < -0.4 is 4.90 Å². The van der Waals surface area contributed by atoms with Crippen molar-refractivity contribution in [3.63, 3.8) is 0 Å². The van der Waals surface area contributed by atoms with Gasteiger partial charge in [-0.1, -0.05) is 5.16 Å². The Bertz CT molecular complexity index is 716. The zero-order chi connectivity index (χ0) is 15.9. The molecule has 2 aromatic heterocycles. The Labute approximate surface area is 129 Å². The van der Waals surface area contributed by atoms with Crippen LogP contribution in [0.4, 0.5) is 5.82 Å². The van der Waals surface area contributed by atoms with E-state index in [2.05, 4.69) is 15.1 Å². The predicted octanol–water partition coefficient (Wildman–Crippen LogP) is 2.22. The van der Waals surface area contributed by atoms with Crippen molar-refractivity contribution in [2.24, 2.45) is 0 Å². The smallest absolute Gasteiger partial charge is 0.228 e. The first-order valence-electron chi connectivity index (χ1n) is 7.53. The highest BCUT2D eigenvalue weighted by Crippen LogP contribution is 2.28. The van der Waals surface area contributed by atoms with Gasteiger partial charge in [-0.15, -0.1) is 0 Å². The standard InChI is InChI=1S/C16H20N4O2/c1-9-14-5-6-15(21)20(16(14)18-12(4)17-9)8-7-13-10(2)19-22-11(13)3/h5-8H2,1-4H3. The van der Waals surface area contributed by atoms with Crippen LogP contribution in [0.5, 0.6) is 0 Å². The van der Waals surface area contributed by atoms with Gasteiger partial charge in [0.1, 0.15) is 17.4 Å². The molecule has 0 aliphatic carbocycles. The van der Waals surface area contributed by atoms with Crippen LogP contribution >= 0.6 is 0 Å². The fraction of sp³-hybridized carbons (Fsp3) is 0.500. The van der Waals surface area contributed by atoms with E-state index < -0.39 is 0 Å². The van der Waals surface area contributed by atoms with Crippen LogP contribution in [-0.4, -0.2) is 27.6 Å². The molecule has 1 aliphatic heterocycles. The third-order valence-corrected chi connectivity index (χ3v) is 4.22. The summed E-state index contributed by atoms with van der Waals surface area (Å²) in [5, 5.41) is 3.97. The van der Waals surface area contributed by atoms with Gasteiger partial charge >= 0.3 is 0 Å². The van der Waals surface area contributed by atoms with Crippen molar-refractivity contribution in [3.05, 3.63) is 34.1 Å². The molecule has 0 unspecified atom stereocenters. The monoisotopic (exact) mass is 300 g/mol. The van der Waals surface area contributed by atoms with Gasteiger partial charge in [0, 0.05) is 29.8 Å². The SMILES string of the molecule is Cc1nc(C)c2c(n1)N(CCc1c(C)noc1C)C(=O)CC2. The van der Waals surface area contributed by atoms with E-state index in [1.165, 1.54) is 0 Å². The fourth-order valence-electron chi connectivity index (χ4n) is 3.03. The normalized spacial score (nSPS) is 14.4. The summed E-state index contributed by atoms with van der Waals surface area (Å²) >= 11 is 0. The molecule has 6 nitrogen and oxygen atoms in total. The highest BCUT2D eigenvalue weighted by molar-refractivity contribution is 5.95. The van der Waals surface area contributed by atoms with Gasteiger partial charge < -0.3 is 4.52 Å². The second-order valence-electron chi connectivity index (χ2n) is 5.76. The van der Waals surface area contributed by atoms with Gasteiger partial charge in [0.15, 0.2) is 0 Å². The van der Waals surface area contributed by atoms with Crippen molar-refractivity contribution in [2.45, 2.75) is 47.0 Å². The van der Waals surface area contributed by atoms with Gasteiger partial charge in [-0.05, 0) is 40.5 Å². The van der Waals surface area contributed by atoms with Crippen LogP contribution in [0.3, 0.4) is 0 Å². The van der Waals surface area contributed by atoms with Crippen molar-refractivity contribution < 1.29 is 9.32 Å². The Morgan fingerprint density at radius 1 is 1.09 bits per heavy atom. The summed E-state index contributed by atoms with van der Waals surface area (Å²) in [5.41, 5.74) is 4.01. The Hall–Kier alpha value is -2.24. The minimum absolute atomic E-state index is 0.122. The van der Waals surface area contributed by atoms with Gasteiger partial charge in [-0.25, -0.2) is 9.97 Å². The second kappa shape index (κ2) is 5.51. The molecule has 0 radical (unpaired) electrons. The average molecular weight is 300 g/mol. The minimum atomic E-state index is 0.122. The first-order valence-corrected chi connectivity index (χ1v) is 7.53. The zero-order valence-electron chi connectivity index (χ0n) is 13.4.